The van der Waals surface area contributed by atoms with Crippen LogP contribution in [0.5, 0.6) is 0 Å². The number of non-ortho nitro benzene ring substituents is 1. The first-order chi connectivity index (χ1) is 9.06. The summed E-state index contributed by atoms with van der Waals surface area (Å²) in [5, 5.41) is 14.4. The molecule has 3 N–H and O–H groups in total. The number of anilines is 2. The minimum atomic E-state index is -0.473. The molecule has 0 saturated carbocycles. The molecule has 6 heteroatoms. The lowest BCUT2D eigenvalue weighted by atomic mass is 10.2. The number of benzene rings is 2. The maximum absolute atomic E-state index is 10.6. The molecule has 0 unspecified atom stereocenters. The summed E-state index contributed by atoms with van der Waals surface area (Å²) >= 11 is 5.80. The topological polar surface area (TPSA) is 81.2 Å². The predicted octanol–water partition coefficient (Wildman–Crippen LogP) is 3.44. The fraction of sp³-hybridized carbons (Fsp3) is 0.0769. The van der Waals surface area contributed by atoms with E-state index in [1.807, 2.05) is 12.1 Å². The van der Waals surface area contributed by atoms with Crippen LogP contribution in [0.1, 0.15) is 5.56 Å². The average molecular weight is 278 g/mol. The van der Waals surface area contributed by atoms with E-state index in [2.05, 4.69) is 5.32 Å². The van der Waals surface area contributed by atoms with E-state index < -0.39 is 4.92 Å². The normalized spacial score (nSPS) is 10.2. The SMILES string of the molecule is Nc1cc([N+](=O)[O-])ccc1NCc1ccc(Cl)cc1. The van der Waals surface area contributed by atoms with Crippen LogP contribution in [0.25, 0.3) is 0 Å². The second-order valence-corrected chi connectivity index (χ2v) is 4.45. The lowest BCUT2D eigenvalue weighted by Gasteiger charge is -2.09. The van der Waals surface area contributed by atoms with Crippen LogP contribution < -0.4 is 11.1 Å². The van der Waals surface area contributed by atoms with Gasteiger partial charge in [-0.3, -0.25) is 10.1 Å². The lowest BCUT2D eigenvalue weighted by molar-refractivity contribution is -0.384. The first-order valence-corrected chi connectivity index (χ1v) is 5.96. The monoisotopic (exact) mass is 277 g/mol. The Morgan fingerprint density at radius 3 is 2.47 bits per heavy atom. The zero-order valence-corrected chi connectivity index (χ0v) is 10.7. The predicted molar refractivity (Wildman–Crippen MR) is 76.3 cm³/mol. The van der Waals surface area contributed by atoms with Crippen LogP contribution in [0.3, 0.4) is 0 Å². The Morgan fingerprint density at radius 2 is 1.89 bits per heavy atom. The number of halogens is 1. The number of hydrogen-bond donors (Lipinski definition) is 2. The van der Waals surface area contributed by atoms with E-state index in [4.69, 9.17) is 17.3 Å². The number of nitro groups is 1. The largest absolute Gasteiger partial charge is 0.397 e. The van der Waals surface area contributed by atoms with Crippen LogP contribution in [0.15, 0.2) is 42.5 Å². The Hall–Kier alpha value is -2.27. The second-order valence-electron chi connectivity index (χ2n) is 4.01. The van der Waals surface area contributed by atoms with Crippen molar-refractivity contribution in [2.75, 3.05) is 11.1 Å². The lowest BCUT2D eigenvalue weighted by Crippen LogP contribution is -2.03. The van der Waals surface area contributed by atoms with Crippen LogP contribution in [-0.2, 0) is 6.54 Å². The summed E-state index contributed by atoms with van der Waals surface area (Å²) in [5.74, 6) is 0. The van der Waals surface area contributed by atoms with Gasteiger partial charge in [0, 0.05) is 23.7 Å². The fourth-order valence-electron chi connectivity index (χ4n) is 1.62. The summed E-state index contributed by atoms with van der Waals surface area (Å²) < 4.78 is 0. The minimum absolute atomic E-state index is 0.0189. The number of nitrogens with zero attached hydrogens (tertiary/aromatic N) is 1. The van der Waals surface area contributed by atoms with Gasteiger partial charge in [0.05, 0.1) is 16.3 Å². The van der Waals surface area contributed by atoms with E-state index >= 15 is 0 Å². The van der Waals surface area contributed by atoms with E-state index in [0.29, 0.717) is 22.9 Å². The smallest absolute Gasteiger partial charge is 0.271 e. The second kappa shape index (κ2) is 5.58. The van der Waals surface area contributed by atoms with E-state index in [9.17, 15) is 10.1 Å². The van der Waals surface area contributed by atoms with Crippen LogP contribution in [-0.4, -0.2) is 4.92 Å². The van der Waals surface area contributed by atoms with Crippen molar-refractivity contribution in [1.82, 2.24) is 0 Å². The van der Waals surface area contributed by atoms with Crippen molar-refractivity contribution in [2.45, 2.75) is 6.54 Å². The molecule has 0 saturated heterocycles. The molecule has 0 bridgehead atoms. The molecule has 5 nitrogen and oxygen atoms in total. The quantitative estimate of drug-likeness (QED) is 0.509. The van der Waals surface area contributed by atoms with Crippen molar-refractivity contribution in [3.63, 3.8) is 0 Å². The Labute approximate surface area is 115 Å². The maximum atomic E-state index is 10.6. The Bertz CT molecular complexity index is 599. The molecule has 0 aromatic heterocycles. The summed E-state index contributed by atoms with van der Waals surface area (Å²) in [6.45, 7) is 0.569. The zero-order valence-electron chi connectivity index (χ0n) is 9.97. The van der Waals surface area contributed by atoms with Gasteiger partial charge in [-0.2, -0.15) is 0 Å². The molecule has 19 heavy (non-hydrogen) atoms. The molecular weight excluding hydrogens is 266 g/mol. The first kappa shape index (κ1) is 13.2. The van der Waals surface area contributed by atoms with Gasteiger partial charge in [0.1, 0.15) is 0 Å². The van der Waals surface area contributed by atoms with Crippen molar-refractivity contribution < 1.29 is 4.92 Å². The van der Waals surface area contributed by atoms with Crippen molar-refractivity contribution >= 4 is 28.7 Å². The highest BCUT2D eigenvalue weighted by atomic mass is 35.5. The summed E-state index contributed by atoms with van der Waals surface area (Å²) in [4.78, 5) is 10.1. The highest BCUT2D eigenvalue weighted by Crippen LogP contribution is 2.24. The molecule has 0 radical (unpaired) electrons. The van der Waals surface area contributed by atoms with Crippen molar-refractivity contribution in [1.29, 1.82) is 0 Å². The molecule has 0 aliphatic heterocycles. The van der Waals surface area contributed by atoms with Gasteiger partial charge in [0.15, 0.2) is 0 Å². The van der Waals surface area contributed by atoms with Gasteiger partial charge in [0.25, 0.3) is 5.69 Å². The van der Waals surface area contributed by atoms with Gasteiger partial charge < -0.3 is 11.1 Å². The summed E-state index contributed by atoms with van der Waals surface area (Å²) in [6.07, 6.45) is 0. The zero-order chi connectivity index (χ0) is 13.8. The number of nitrogen functional groups attached to an aromatic ring is 1. The molecular formula is C13H12ClN3O2. The van der Waals surface area contributed by atoms with E-state index in [1.165, 1.54) is 12.1 Å². The van der Waals surface area contributed by atoms with Crippen LogP contribution in [0.2, 0.25) is 5.02 Å². The Balaban J connectivity index is 2.07. The average Bonchev–Trinajstić information content (AvgIpc) is 2.39. The highest BCUT2D eigenvalue weighted by molar-refractivity contribution is 6.30. The Kier molecular flexibility index (Phi) is 3.87. The summed E-state index contributed by atoms with van der Waals surface area (Å²) in [6, 6.07) is 11.8. The molecule has 0 aliphatic rings. The van der Waals surface area contributed by atoms with Crippen molar-refractivity contribution in [3.8, 4) is 0 Å². The number of rotatable bonds is 4. The minimum Gasteiger partial charge on any atom is -0.397 e. The number of nitro benzene ring substituents is 1. The summed E-state index contributed by atoms with van der Waals surface area (Å²) in [7, 11) is 0. The molecule has 0 heterocycles. The maximum Gasteiger partial charge on any atom is 0.271 e. The highest BCUT2D eigenvalue weighted by Gasteiger charge is 2.08. The molecule has 0 spiro atoms. The first-order valence-electron chi connectivity index (χ1n) is 5.58. The van der Waals surface area contributed by atoms with Crippen molar-refractivity contribution in [2.24, 2.45) is 0 Å². The fourth-order valence-corrected chi connectivity index (χ4v) is 1.75. The standard InChI is InChI=1S/C13H12ClN3O2/c14-10-3-1-9(2-4-10)8-16-13-6-5-11(17(18)19)7-12(13)15/h1-7,16H,8,15H2. The summed E-state index contributed by atoms with van der Waals surface area (Å²) in [5.41, 5.74) is 7.80. The molecule has 0 atom stereocenters. The number of nitrogens with one attached hydrogen (secondary N) is 1. The number of nitrogens with two attached hydrogens (primary N) is 1. The van der Waals surface area contributed by atoms with E-state index in [1.54, 1.807) is 18.2 Å². The van der Waals surface area contributed by atoms with Crippen LogP contribution in [0, 0.1) is 10.1 Å². The van der Waals surface area contributed by atoms with Gasteiger partial charge in [-0.05, 0) is 23.8 Å². The molecule has 2 rings (SSSR count). The van der Waals surface area contributed by atoms with Crippen LogP contribution >= 0.6 is 11.6 Å². The van der Waals surface area contributed by atoms with Crippen molar-refractivity contribution in [3.05, 3.63) is 63.2 Å². The third kappa shape index (κ3) is 3.35. The molecule has 0 fully saturated rings. The van der Waals surface area contributed by atoms with Gasteiger partial charge in [-0.15, -0.1) is 0 Å². The number of hydrogen-bond acceptors (Lipinski definition) is 4. The van der Waals surface area contributed by atoms with Crippen LogP contribution in [0.4, 0.5) is 17.1 Å². The van der Waals surface area contributed by atoms with Gasteiger partial charge in [-0.25, -0.2) is 0 Å². The molecule has 2 aromatic carbocycles. The van der Waals surface area contributed by atoms with E-state index in [0.717, 1.165) is 5.56 Å². The van der Waals surface area contributed by atoms with Gasteiger partial charge in [0.2, 0.25) is 0 Å². The Morgan fingerprint density at radius 1 is 1.21 bits per heavy atom. The third-order valence-electron chi connectivity index (χ3n) is 2.64. The molecule has 98 valence electrons. The molecule has 2 aromatic rings. The van der Waals surface area contributed by atoms with Gasteiger partial charge >= 0.3 is 0 Å². The molecule has 0 amide bonds. The van der Waals surface area contributed by atoms with E-state index in [-0.39, 0.29) is 5.69 Å². The molecule has 0 aliphatic carbocycles. The third-order valence-corrected chi connectivity index (χ3v) is 2.89. The van der Waals surface area contributed by atoms with Gasteiger partial charge in [-0.1, -0.05) is 23.7 Å².